The number of hydrogen-bond acceptors (Lipinski definition) is 7. The Balaban J connectivity index is 1.39. The molecule has 2 aromatic rings. The molecule has 1 fully saturated rings. The number of ether oxygens (including phenoxy) is 2. The molecule has 0 aliphatic carbocycles. The SMILES string of the molecule is CC1CN(Cc2csc(NC(=O)c3ccc4c(c3)NC(=O)CO4)n2)CC(C)O1. The maximum atomic E-state index is 12.5. The fraction of sp³-hybridized carbons (Fsp3) is 0.421. The second-order valence-electron chi connectivity index (χ2n) is 7.10. The highest BCUT2D eigenvalue weighted by Crippen LogP contribution is 2.29. The van der Waals surface area contributed by atoms with Crippen molar-refractivity contribution >= 4 is 34.0 Å². The molecule has 148 valence electrons. The van der Waals surface area contributed by atoms with Crippen LogP contribution in [-0.4, -0.2) is 53.6 Å². The molecule has 2 aliphatic rings. The zero-order valence-electron chi connectivity index (χ0n) is 15.7. The number of aromatic nitrogens is 1. The Morgan fingerprint density at radius 2 is 2.14 bits per heavy atom. The van der Waals surface area contributed by atoms with E-state index in [1.54, 1.807) is 18.2 Å². The van der Waals surface area contributed by atoms with E-state index in [-0.39, 0.29) is 30.6 Å². The largest absolute Gasteiger partial charge is 0.482 e. The maximum Gasteiger partial charge on any atom is 0.262 e. The molecular formula is C19H22N4O4S. The summed E-state index contributed by atoms with van der Waals surface area (Å²) in [7, 11) is 0. The van der Waals surface area contributed by atoms with Gasteiger partial charge in [-0.05, 0) is 32.0 Å². The molecule has 2 atom stereocenters. The van der Waals surface area contributed by atoms with Gasteiger partial charge in [-0.25, -0.2) is 4.98 Å². The molecular weight excluding hydrogens is 380 g/mol. The number of benzene rings is 1. The van der Waals surface area contributed by atoms with E-state index in [0.717, 1.165) is 25.3 Å². The van der Waals surface area contributed by atoms with Crippen LogP contribution < -0.4 is 15.4 Å². The first-order valence-corrected chi connectivity index (χ1v) is 10.0. The van der Waals surface area contributed by atoms with Crippen LogP contribution in [0.3, 0.4) is 0 Å². The third-order valence-corrected chi connectivity index (χ3v) is 5.33. The molecule has 3 heterocycles. The number of thiazole rings is 1. The average molecular weight is 402 g/mol. The van der Waals surface area contributed by atoms with Gasteiger partial charge < -0.3 is 14.8 Å². The first kappa shape index (κ1) is 18.9. The number of nitrogens with zero attached hydrogens (tertiary/aromatic N) is 2. The Kier molecular flexibility index (Phi) is 5.29. The number of rotatable bonds is 4. The fourth-order valence-electron chi connectivity index (χ4n) is 3.47. The second-order valence-corrected chi connectivity index (χ2v) is 7.96. The topological polar surface area (TPSA) is 92.8 Å². The van der Waals surface area contributed by atoms with Gasteiger partial charge in [-0.3, -0.25) is 19.8 Å². The van der Waals surface area contributed by atoms with Gasteiger partial charge in [0.25, 0.3) is 11.8 Å². The Labute approximate surface area is 166 Å². The zero-order valence-corrected chi connectivity index (χ0v) is 16.5. The van der Waals surface area contributed by atoms with E-state index in [4.69, 9.17) is 9.47 Å². The van der Waals surface area contributed by atoms with E-state index in [1.807, 2.05) is 5.38 Å². The van der Waals surface area contributed by atoms with Gasteiger partial charge in [0.2, 0.25) is 0 Å². The number of carbonyl (C=O) groups is 2. The first-order valence-electron chi connectivity index (χ1n) is 9.16. The number of hydrogen-bond donors (Lipinski definition) is 2. The lowest BCUT2D eigenvalue weighted by molar-refractivity contribution is -0.118. The minimum Gasteiger partial charge on any atom is -0.482 e. The number of nitrogens with one attached hydrogen (secondary N) is 2. The van der Waals surface area contributed by atoms with Crippen molar-refractivity contribution in [2.45, 2.75) is 32.6 Å². The van der Waals surface area contributed by atoms with Crippen molar-refractivity contribution in [1.29, 1.82) is 0 Å². The summed E-state index contributed by atoms with van der Waals surface area (Å²) in [4.78, 5) is 30.8. The number of morpholine rings is 1. The van der Waals surface area contributed by atoms with Gasteiger partial charge in [-0.1, -0.05) is 0 Å². The summed E-state index contributed by atoms with van der Waals surface area (Å²) in [5, 5.41) is 8.03. The minimum atomic E-state index is -0.280. The van der Waals surface area contributed by atoms with Crippen LogP contribution in [0.25, 0.3) is 0 Å². The summed E-state index contributed by atoms with van der Waals surface area (Å²) < 4.78 is 11.1. The van der Waals surface area contributed by atoms with Crippen LogP contribution in [0.5, 0.6) is 5.75 Å². The molecule has 0 spiro atoms. The molecule has 28 heavy (non-hydrogen) atoms. The maximum absolute atomic E-state index is 12.5. The molecule has 2 N–H and O–H groups in total. The van der Waals surface area contributed by atoms with Gasteiger partial charge in [-0.2, -0.15) is 0 Å². The Hall–Kier alpha value is -2.49. The van der Waals surface area contributed by atoms with Crippen molar-refractivity contribution in [1.82, 2.24) is 9.88 Å². The highest BCUT2D eigenvalue weighted by Gasteiger charge is 2.23. The van der Waals surface area contributed by atoms with Crippen LogP contribution in [-0.2, 0) is 16.1 Å². The van der Waals surface area contributed by atoms with Crippen LogP contribution >= 0.6 is 11.3 Å². The van der Waals surface area contributed by atoms with Gasteiger partial charge >= 0.3 is 0 Å². The van der Waals surface area contributed by atoms with E-state index in [2.05, 4.69) is 34.4 Å². The molecule has 0 bridgehead atoms. The number of anilines is 2. The predicted molar refractivity (Wildman–Crippen MR) is 106 cm³/mol. The van der Waals surface area contributed by atoms with E-state index < -0.39 is 0 Å². The summed E-state index contributed by atoms with van der Waals surface area (Å²) >= 11 is 1.40. The van der Waals surface area contributed by atoms with Crippen molar-refractivity contribution in [3.63, 3.8) is 0 Å². The molecule has 1 aromatic carbocycles. The zero-order chi connectivity index (χ0) is 19.7. The number of fused-ring (bicyclic) bond motifs is 1. The normalized spacial score (nSPS) is 22.1. The highest BCUT2D eigenvalue weighted by atomic mass is 32.1. The fourth-order valence-corrected chi connectivity index (χ4v) is 4.17. The summed E-state index contributed by atoms with van der Waals surface area (Å²) in [6.07, 6.45) is 0.407. The monoisotopic (exact) mass is 402 g/mol. The molecule has 2 amide bonds. The van der Waals surface area contributed by atoms with Crippen LogP contribution in [0.1, 0.15) is 29.9 Å². The summed E-state index contributed by atoms with van der Waals surface area (Å²) in [6.45, 7) is 6.59. The lowest BCUT2D eigenvalue weighted by Gasteiger charge is -2.34. The lowest BCUT2D eigenvalue weighted by Crippen LogP contribution is -2.44. The Morgan fingerprint density at radius 3 is 2.93 bits per heavy atom. The van der Waals surface area contributed by atoms with Crippen molar-refractivity contribution < 1.29 is 19.1 Å². The van der Waals surface area contributed by atoms with E-state index >= 15 is 0 Å². The van der Waals surface area contributed by atoms with Crippen LogP contribution in [0.4, 0.5) is 10.8 Å². The lowest BCUT2D eigenvalue weighted by atomic mass is 10.1. The van der Waals surface area contributed by atoms with Crippen molar-refractivity contribution in [3.8, 4) is 5.75 Å². The number of carbonyl (C=O) groups excluding carboxylic acids is 2. The minimum absolute atomic E-state index is 0.0128. The quantitative estimate of drug-likeness (QED) is 0.816. The molecule has 0 saturated carbocycles. The van der Waals surface area contributed by atoms with Gasteiger partial charge in [0.1, 0.15) is 5.75 Å². The molecule has 2 aliphatic heterocycles. The third kappa shape index (κ3) is 4.32. The Morgan fingerprint density at radius 1 is 1.36 bits per heavy atom. The standard InChI is InChI=1S/C19H22N4O4S/c1-11-6-23(7-12(2)27-11)8-14-10-28-19(20-14)22-18(25)13-3-4-16-15(5-13)21-17(24)9-26-16/h3-5,10-12H,6-9H2,1-2H3,(H,21,24)(H,20,22,25). The Bertz CT molecular complexity index is 890. The summed E-state index contributed by atoms with van der Waals surface area (Å²) in [6, 6.07) is 4.95. The molecule has 1 aromatic heterocycles. The van der Waals surface area contributed by atoms with E-state index in [1.165, 1.54) is 11.3 Å². The van der Waals surface area contributed by atoms with E-state index in [9.17, 15) is 9.59 Å². The van der Waals surface area contributed by atoms with Gasteiger partial charge in [0.15, 0.2) is 11.7 Å². The highest BCUT2D eigenvalue weighted by molar-refractivity contribution is 7.14. The second kappa shape index (κ2) is 7.86. The van der Waals surface area contributed by atoms with Crippen molar-refractivity contribution in [2.75, 3.05) is 30.3 Å². The van der Waals surface area contributed by atoms with Gasteiger partial charge in [-0.15, -0.1) is 11.3 Å². The predicted octanol–water partition coefficient (Wildman–Crippen LogP) is 2.34. The number of amides is 2. The van der Waals surface area contributed by atoms with E-state index in [0.29, 0.717) is 22.1 Å². The molecule has 2 unspecified atom stereocenters. The van der Waals surface area contributed by atoms with Crippen LogP contribution in [0.15, 0.2) is 23.6 Å². The molecule has 4 rings (SSSR count). The van der Waals surface area contributed by atoms with Crippen LogP contribution in [0.2, 0.25) is 0 Å². The summed E-state index contributed by atoms with van der Waals surface area (Å²) in [5.74, 6) is 0.0418. The first-order chi connectivity index (χ1) is 13.5. The van der Waals surface area contributed by atoms with Crippen molar-refractivity contribution in [2.24, 2.45) is 0 Å². The molecule has 1 saturated heterocycles. The molecule has 0 radical (unpaired) electrons. The van der Waals surface area contributed by atoms with Crippen LogP contribution in [0, 0.1) is 0 Å². The smallest absolute Gasteiger partial charge is 0.262 e. The van der Waals surface area contributed by atoms with Gasteiger partial charge in [0.05, 0.1) is 23.6 Å². The van der Waals surface area contributed by atoms with Crippen molar-refractivity contribution in [3.05, 3.63) is 34.8 Å². The third-order valence-electron chi connectivity index (χ3n) is 4.53. The summed E-state index contributed by atoms with van der Waals surface area (Å²) in [5.41, 5.74) is 1.85. The average Bonchev–Trinajstić information content (AvgIpc) is 3.06. The van der Waals surface area contributed by atoms with Gasteiger partial charge in [0, 0.05) is 30.6 Å². The molecule has 9 heteroatoms. The molecule has 8 nitrogen and oxygen atoms in total.